The van der Waals surface area contributed by atoms with Gasteiger partial charge < -0.3 is 20.2 Å². The Labute approximate surface area is 192 Å². The van der Waals surface area contributed by atoms with E-state index in [1.165, 1.54) is 10.4 Å². The van der Waals surface area contributed by atoms with Gasteiger partial charge in [-0.1, -0.05) is 36.4 Å². The van der Waals surface area contributed by atoms with E-state index in [-0.39, 0.29) is 18.6 Å². The first-order valence-corrected chi connectivity index (χ1v) is 11.7. The third-order valence-electron chi connectivity index (χ3n) is 5.61. The van der Waals surface area contributed by atoms with E-state index in [1.54, 1.807) is 23.7 Å². The van der Waals surface area contributed by atoms with Crippen LogP contribution >= 0.6 is 11.3 Å². The number of benzene rings is 1. The molecule has 0 radical (unpaired) electrons. The molecular weight excluding hydrogens is 422 g/mol. The number of aromatic nitrogens is 2. The van der Waals surface area contributed by atoms with Crippen molar-refractivity contribution in [3.8, 4) is 0 Å². The van der Waals surface area contributed by atoms with Gasteiger partial charge in [0.05, 0.1) is 18.0 Å². The molecule has 4 rings (SSSR count). The Morgan fingerprint density at radius 3 is 2.88 bits per heavy atom. The van der Waals surface area contributed by atoms with E-state index < -0.39 is 0 Å². The van der Waals surface area contributed by atoms with Crippen LogP contribution in [-0.4, -0.2) is 64.6 Å². The first kappa shape index (κ1) is 22.4. The summed E-state index contributed by atoms with van der Waals surface area (Å²) in [6, 6.07) is 10.1. The number of hydrogen-bond acceptors (Lipinski definition) is 7. The molecule has 0 saturated carbocycles. The minimum atomic E-state index is -0.0432. The molecule has 1 aliphatic rings. The monoisotopic (exact) mass is 451 g/mol. The summed E-state index contributed by atoms with van der Waals surface area (Å²) in [4.78, 5) is 27.7. The number of carbonyl (C=O) groups is 1. The largest absolute Gasteiger partial charge is 0.396 e. The number of anilines is 1. The van der Waals surface area contributed by atoms with E-state index in [4.69, 9.17) is 0 Å². The number of carbonyl (C=O) groups excluding carboxylic acids is 1. The lowest BCUT2D eigenvalue weighted by molar-refractivity contribution is -0.126. The van der Waals surface area contributed by atoms with Gasteiger partial charge in [-0.25, -0.2) is 9.97 Å². The van der Waals surface area contributed by atoms with Gasteiger partial charge in [0.15, 0.2) is 0 Å². The van der Waals surface area contributed by atoms with Crippen LogP contribution in [0.1, 0.15) is 28.5 Å². The van der Waals surface area contributed by atoms with Crippen LogP contribution < -0.4 is 5.32 Å². The second kappa shape index (κ2) is 10.2. The Hall–Kier alpha value is -2.81. The minimum absolute atomic E-state index is 0.0432. The van der Waals surface area contributed by atoms with Crippen LogP contribution in [0.25, 0.3) is 10.2 Å². The molecule has 1 aliphatic heterocycles. The highest BCUT2D eigenvalue weighted by molar-refractivity contribution is 7.19. The van der Waals surface area contributed by atoms with Crippen molar-refractivity contribution in [1.82, 2.24) is 19.8 Å². The first-order chi connectivity index (χ1) is 15.6. The average Bonchev–Trinajstić information content (AvgIpc) is 3.17. The maximum atomic E-state index is 12.6. The lowest BCUT2D eigenvalue weighted by atomic mass is 10.0. The Kier molecular flexibility index (Phi) is 7.14. The number of fused-ring (bicyclic) bond motifs is 3. The molecule has 0 bridgehead atoms. The number of aliphatic hydroxyl groups excluding tert-OH is 1. The number of aliphatic hydroxyl groups is 1. The number of rotatable bonds is 8. The summed E-state index contributed by atoms with van der Waals surface area (Å²) >= 11 is 1.63. The van der Waals surface area contributed by atoms with Crippen molar-refractivity contribution >= 4 is 33.3 Å². The Morgan fingerprint density at radius 1 is 1.31 bits per heavy atom. The molecule has 0 saturated heterocycles. The van der Waals surface area contributed by atoms with Crippen LogP contribution in [0.15, 0.2) is 48.8 Å². The SMILES string of the molecule is CN(C)CC=CC(=O)N1CCc2c(sc3ncnc(N[C@H](CCO)c4ccccc4)c23)C1. The standard InChI is InChI=1S/C24H29N5O2S/c1-28(2)12-6-9-21(31)29-13-10-18-20(15-29)32-24-22(18)23(25-16-26-24)27-19(11-14-30)17-7-4-3-5-8-17/h3-9,16,19,30H,10-15H2,1-2H3,(H,25,26,27)/t19-/m1/s1. The fourth-order valence-corrected chi connectivity index (χ4v) is 5.20. The van der Waals surface area contributed by atoms with Gasteiger partial charge in [0.25, 0.3) is 0 Å². The lowest BCUT2D eigenvalue weighted by Crippen LogP contribution is -2.34. The number of nitrogens with one attached hydrogen (secondary N) is 1. The maximum Gasteiger partial charge on any atom is 0.246 e. The molecule has 1 amide bonds. The molecule has 32 heavy (non-hydrogen) atoms. The molecule has 0 spiro atoms. The van der Waals surface area contributed by atoms with Gasteiger partial charge in [-0.2, -0.15) is 0 Å². The fraction of sp³-hybridized carbons (Fsp3) is 0.375. The lowest BCUT2D eigenvalue weighted by Gasteiger charge is -2.26. The molecule has 1 atom stereocenters. The van der Waals surface area contributed by atoms with Crippen LogP contribution in [0, 0.1) is 0 Å². The van der Waals surface area contributed by atoms with Gasteiger partial charge in [-0.05, 0) is 38.1 Å². The highest BCUT2D eigenvalue weighted by Crippen LogP contribution is 2.38. The van der Waals surface area contributed by atoms with Crippen molar-refractivity contribution < 1.29 is 9.90 Å². The van der Waals surface area contributed by atoms with Crippen molar-refractivity contribution in [2.45, 2.75) is 25.4 Å². The molecule has 2 N–H and O–H groups in total. The number of amides is 1. The second-order valence-corrected chi connectivity index (χ2v) is 9.28. The summed E-state index contributed by atoms with van der Waals surface area (Å²) in [5.74, 6) is 0.840. The normalized spacial score (nSPS) is 14.8. The second-order valence-electron chi connectivity index (χ2n) is 8.20. The highest BCUT2D eigenvalue weighted by Gasteiger charge is 2.26. The number of likely N-dealkylation sites (N-methyl/N-ethyl adjacent to an activating group) is 1. The van der Waals surface area contributed by atoms with E-state index in [2.05, 4.69) is 27.4 Å². The predicted octanol–water partition coefficient (Wildman–Crippen LogP) is 3.23. The Balaban J connectivity index is 1.58. The average molecular weight is 452 g/mol. The molecule has 0 aliphatic carbocycles. The molecule has 2 aromatic heterocycles. The molecule has 0 fully saturated rings. The number of thiophene rings is 1. The molecule has 8 heteroatoms. The summed E-state index contributed by atoms with van der Waals surface area (Å²) < 4.78 is 0. The third kappa shape index (κ3) is 4.98. The van der Waals surface area contributed by atoms with Crippen molar-refractivity contribution in [2.75, 3.05) is 39.1 Å². The Morgan fingerprint density at radius 2 is 2.12 bits per heavy atom. The summed E-state index contributed by atoms with van der Waals surface area (Å²) in [7, 11) is 3.96. The molecule has 7 nitrogen and oxygen atoms in total. The van der Waals surface area contributed by atoms with E-state index in [0.717, 1.165) is 34.6 Å². The molecule has 0 unspecified atom stereocenters. The number of hydrogen-bond donors (Lipinski definition) is 2. The fourth-order valence-electron chi connectivity index (χ4n) is 4.00. The zero-order chi connectivity index (χ0) is 22.5. The summed E-state index contributed by atoms with van der Waals surface area (Å²) in [5.41, 5.74) is 2.34. The van der Waals surface area contributed by atoms with Gasteiger partial charge in [-0.15, -0.1) is 11.3 Å². The highest BCUT2D eigenvalue weighted by atomic mass is 32.1. The smallest absolute Gasteiger partial charge is 0.246 e. The predicted molar refractivity (Wildman–Crippen MR) is 129 cm³/mol. The van der Waals surface area contributed by atoms with Gasteiger partial charge in [0, 0.05) is 30.6 Å². The molecule has 3 heterocycles. The van der Waals surface area contributed by atoms with Crippen molar-refractivity contribution in [1.29, 1.82) is 0 Å². The van der Waals surface area contributed by atoms with Gasteiger partial charge >= 0.3 is 0 Å². The Bertz CT molecular complexity index is 1100. The summed E-state index contributed by atoms with van der Waals surface area (Å²) in [6.45, 7) is 2.10. The molecular formula is C24H29N5O2S. The maximum absolute atomic E-state index is 12.6. The molecule has 168 valence electrons. The molecule has 1 aromatic carbocycles. The molecule has 3 aromatic rings. The minimum Gasteiger partial charge on any atom is -0.396 e. The van der Waals surface area contributed by atoms with E-state index in [1.807, 2.05) is 48.2 Å². The van der Waals surface area contributed by atoms with E-state index in [9.17, 15) is 9.90 Å². The van der Waals surface area contributed by atoms with Crippen molar-refractivity contribution in [3.63, 3.8) is 0 Å². The van der Waals surface area contributed by atoms with Crippen LogP contribution in [0.2, 0.25) is 0 Å². The quantitative estimate of drug-likeness (QED) is 0.512. The van der Waals surface area contributed by atoms with Crippen molar-refractivity contribution in [3.05, 3.63) is 64.8 Å². The van der Waals surface area contributed by atoms with Crippen LogP contribution in [0.5, 0.6) is 0 Å². The zero-order valence-corrected chi connectivity index (χ0v) is 19.3. The first-order valence-electron chi connectivity index (χ1n) is 10.8. The van der Waals surface area contributed by atoms with Gasteiger partial charge in [-0.3, -0.25) is 4.79 Å². The van der Waals surface area contributed by atoms with Crippen molar-refractivity contribution in [2.24, 2.45) is 0 Å². The van der Waals surface area contributed by atoms with Crippen LogP contribution in [-0.2, 0) is 17.8 Å². The topological polar surface area (TPSA) is 81.6 Å². The zero-order valence-electron chi connectivity index (χ0n) is 18.5. The number of nitrogens with zero attached hydrogens (tertiary/aromatic N) is 4. The van der Waals surface area contributed by atoms with Gasteiger partial charge in [0.2, 0.25) is 5.91 Å². The van der Waals surface area contributed by atoms with E-state index >= 15 is 0 Å². The summed E-state index contributed by atoms with van der Waals surface area (Å²) in [6.07, 6.45) is 6.52. The third-order valence-corrected chi connectivity index (χ3v) is 6.74. The van der Waals surface area contributed by atoms with E-state index in [0.29, 0.717) is 19.5 Å². The van der Waals surface area contributed by atoms with Crippen LogP contribution in [0.3, 0.4) is 0 Å². The van der Waals surface area contributed by atoms with Crippen LogP contribution in [0.4, 0.5) is 5.82 Å². The summed E-state index contributed by atoms with van der Waals surface area (Å²) in [5, 5.41) is 14.2. The van der Waals surface area contributed by atoms with Gasteiger partial charge in [0.1, 0.15) is 17.0 Å².